The molecule has 4 bridgehead atoms. The maximum absolute atomic E-state index is 6.84. The largest absolute Gasteiger partial charge is 0.382 e. The Hall–Kier alpha value is -1.71. The van der Waals surface area contributed by atoms with E-state index in [1.54, 1.807) is 0 Å². The van der Waals surface area contributed by atoms with Gasteiger partial charge in [0.05, 0.1) is 17.3 Å². The maximum Gasteiger partial charge on any atom is 0.0643 e. The van der Waals surface area contributed by atoms with Gasteiger partial charge >= 0.3 is 0 Å². The van der Waals surface area contributed by atoms with Crippen molar-refractivity contribution in [3.05, 3.63) is 53.1 Å². The number of hydrogen-bond donors (Lipinski definition) is 2. The third-order valence-electron chi connectivity index (χ3n) is 9.33. The minimum absolute atomic E-state index is 0.393. The van der Waals surface area contributed by atoms with Gasteiger partial charge in [-0.2, -0.15) is 0 Å². The molecule has 0 spiro atoms. The molecule has 2 atom stereocenters. The Bertz CT molecular complexity index is 968. The highest BCUT2D eigenvalue weighted by Gasteiger charge is 2.51. The molecule has 0 saturated heterocycles. The van der Waals surface area contributed by atoms with Crippen molar-refractivity contribution in [1.82, 2.24) is 0 Å². The third-order valence-corrected chi connectivity index (χ3v) is 9.64. The van der Waals surface area contributed by atoms with Gasteiger partial charge in [-0.05, 0) is 123 Å². The Kier molecular flexibility index (Phi) is 6.28. The predicted octanol–water partition coefficient (Wildman–Crippen LogP) is 8.17. The van der Waals surface area contributed by atoms with Gasteiger partial charge in [0, 0.05) is 29.9 Å². The van der Waals surface area contributed by atoms with E-state index in [1.165, 1.54) is 69.0 Å². The Labute approximate surface area is 210 Å². The van der Waals surface area contributed by atoms with Crippen LogP contribution in [0, 0.1) is 23.7 Å². The molecule has 0 amide bonds. The number of rotatable bonds is 8. The second kappa shape index (κ2) is 9.39. The average molecular weight is 479 g/mol. The van der Waals surface area contributed by atoms with Crippen LogP contribution in [0.3, 0.4) is 0 Å². The lowest BCUT2D eigenvalue weighted by Gasteiger charge is -2.57. The smallest absolute Gasteiger partial charge is 0.0643 e. The molecule has 2 aromatic carbocycles. The molecule has 0 aromatic heterocycles. The highest BCUT2D eigenvalue weighted by Crippen LogP contribution is 2.61. The number of nitrogens with one attached hydrogen (secondary N) is 2. The summed E-state index contributed by atoms with van der Waals surface area (Å²) in [6, 6.07) is 16.0. The van der Waals surface area contributed by atoms with E-state index < -0.39 is 0 Å². The zero-order chi connectivity index (χ0) is 23.1. The molecular formula is C30H39ClN2O. The highest BCUT2D eigenvalue weighted by molar-refractivity contribution is 6.33. The summed E-state index contributed by atoms with van der Waals surface area (Å²) < 4.78 is 5.70. The van der Waals surface area contributed by atoms with Gasteiger partial charge in [-0.1, -0.05) is 24.1 Å². The third kappa shape index (κ3) is 4.46. The van der Waals surface area contributed by atoms with Crippen LogP contribution in [0.25, 0.3) is 0 Å². The maximum atomic E-state index is 6.84. The molecule has 3 nitrogen and oxygen atoms in total. The summed E-state index contributed by atoms with van der Waals surface area (Å²) >= 11 is 6.84. The molecule has 5 aliphatic carbocycles. The van der Waals surface area contributed by atoms with E-state index in [4.69, 9.17) is 16.3 Å². The summed E-state index contributed by atoms with van der Waals surface area (Å²) in [6.07, 6.45) is 12.3. The monoisotopic (exact) mass is 478 g/mol. The Morgan fingerprint density at radius 1 is 0.912 bits per heavy atom. The van der Waals surface area contributed by atoms with Crippen LogP contribution in [0.1, 0.15) is 70.3 Å². The van der Waals surface area contributed by atoms with E-state index in [1.807, 2.05) is 0 Å². The molecule has 182 valence electrons. The van der Waals surface area contributed by atoms with Gasteiger partial charge in [0.2, 0.25) is 0 Å². The van der Waals surface area contributed by atoms with Crippen LogP contribution < -0.4 is 10.6 Å². The van der Waals surface area contributed by atoms with Crippen molar-refractivity contribution >= 4 is 28.7 Å². The first kappa shape index (κ1) is 22.7. The summed E-state index contributed by atoms with van der Waals surface area (Å²) in [5.74, 6) is 3.47. The fraction of sp³-hybridized carbons (Fsp3) is 0.600. The molecular weight excluding hydrogens is 440 g/mol. The number of ether oxygens (including phenoxy) is 1. The molecule has 2 aromatic rings. The van der Waals surface area contributed by atoms with Gasteiger partial charge in [0.1, 0.15) is 0 Å². The second-order valence-corrected chi connectivity index (χ2v) is 12.1. The fourth-order valence-corrected chi connectivity index (χ4v) is 8.35. The van der Waals surface area contributed by atoms with Gasteiger partial charge in [0.15, 0.2) is 0 Å². The zero-order valence-corrected chi connectivity index (χ0v) is 21.2. The first-order valence-corrected chi connectivity index (χ1v) is 14.0. The molecule has 7 rings (SSSR count). The number of hydrogen-bond acceptors (Lipinski definition) is 3. The van der Waals surface area contributed by atoms with Gasteiger partial charge < -0.3 is 15.4 Å². The summed E-state index contributed by atoms with van der Waals surface area (Å²) in [7, 11) is 0. The van der Waals surface area contributed by atoms with E-state index in [0.717, 1.165) is 47.4 Å². The van der Waals surface area contributed by atoms with Crippen molar-refractivity contribution in [3.8, 4) is 0 Å². The molecule has 2 N–H and O–H groups in total. The molecule has 0 heterocycles. The summed E-state index contributed by atoms with van der Waals surface area (Å²) in [4.78, 5) is 0. The van der Waals surface area contributed by atoms with E-state index in [9.17, 15) is 0 Å². The first-order chi connectivity index (χ1) is 16.6. The summed E-state index contributed by atoms with van der Waals surface area (Å²) in [5.41, 5.74) is 5.14. The SMILES string of the molecule is CCOCC1CCCC1Nc1ccc(Nc2ccc(C34CC5CC(CC(C5)C3)C4)cc2Cl)cc1. The van der Waals surface area contributed by atoms with Gasteiger partial charge in [0.25, 0.3) is 0 Å². The minimum Gasteiger partial charge on any atom is -0.382 e. The summed E-state index contributed by atoms with van der Waals surface area (Å²) in [5, 5.41) is 8.14. The highest BCUT2D eigenvalue weighted by atomic mass is 35.5. The number of benzene rings is 2. The van der Waals surface area contributed by atoms with Crippen LogP contribution in [-0.4, -0.2) is 19.3 Å². The van der Waals surface area contributed by atoms with Crippen LogP contribution in [0.15, 0.2) is 42.5 Å². The number of halogens is 1. The Morgan fingerprint density at radius 3 is 2.24 bits per heavy atom. The fourth-order valence-electron chi connectivity index (χ4n) is 8.13. The van der Waals surface area contributed by atoms with Crippen LogP contribution >= 0.6 is 11.6 Å². The average Bonchev–Trinajstić information content (AvgIpc) is 3.26. The predicted molar refractivity (Wildman–Crippen MR) is 142 cm³/mol. The van der Waals surface area contributed by atoms with Crippen LogP contribution in [-0.2, 0) is 10.2 Å². The topological polar surface area (TPSA) is 33.3 Å². The normalized spacial score (nSPS) is 33.9. The molecule has 5 aliphatic rings. The standard InChI is InChI=1S/C30H39ClN2O/c1-2-34-19-23-4-3-5-28(23)32-25-7-9-26(10-8-25)33-29-11-6-24(15-27(29)31)30-16-20-12-21(17-30)14-22(13-20)18-30/h6-11,15,20-23,28,32-33H,2-5,12-14,16-19H2,1H3. The molecule has 4 heteroatoms. The molecule has 0 radical (unpaired) electrons. The van der Waals surface area contributed by atoms with Crippen molar-refractivity contribution in [1.29, 1.82) is 0 Å². The molecule has 34 heavy (non-hydrogen) atoms. The van der Waals surface area contributed by atoms with Crippen molar-refractivity contribution in [2.45, 2.75) is 76.2 Å². The Morgan fingerprint density at radius 2 is 1.59 bits per heavy atom. The Balaban J connectivity index is 1.11. The zero-order valence-electron chi connectivity index (χ0n) is 20.5. The van der Waals surface area contributed by atoms with Crippen molar-refractivity contribution < 1.29 is 4.74 Å². The van der Waals surface area contributed by atoms with Gasteiger partial charge in [-0.25, -0.2) is 0 Å². The lowest BCUT2D eigenvalue weighted by Crippen LogP contribution is -2.48. The minimum atomic E-state index is 0.393. The van der Waals surface area contributed by atoms with Crippen LogP contribution in [0.5, 0.6) is 0 Å². The van der Waals surface area contributed by atoms with Gasteiger partial charge in [-0.3, -0.25) is 0 Å². The van der Waals surface area contributed by atoms with Crippen molar-refractivity contribution in [3.63, 3.8) is 0 Å². The van der Waals surface area contributed by atoms with Crippen LogP contribution in [0.2, 0.25) is 5.02 Å². The first-order valence-electron chi connectivity index (χ1n) is 13.6. The second-order valence-electron chi connectivity index (χ2n) is 11.7. The molecule has 0 aliphatic heterocycles. The van der Waals surface area contributed by atoms with Crippen molar-refractivity contribution in [2.75, 3.05) is 23.8 Å². The van der Waals surface area contributed by atoms with E-state index in [0.29, 0.717) is 17.4 Å². The van der Waals surface area contributed by atoms with Gasteiger partial charge in [-0.15, -0.1) is 0 Å². The van der Waals surface area contributed by atoms with Crippen molar-refractivity contribution in [2.24, 2.45) is 23.7 Å². The molecule has 5 fully saturated rings. The lowest BCUT2D eigenvalue weighted by molar-refractivity contribution is -0.00517. The lowest BCUT2D eigenvalue weighted by atomic mass is 9.48. The quantitative estimate of drug-likeness (QED) is 0.401. The van der Waals surface area contributed by atoms with E-state index >= 15 is 0 Å². The summed E-state index contributed by atoms with van der Waals surface area (Å²) in [6.45, 7) is 3.74. The number of anilines is 3. The molecule has 5 saturated carbocycles. The van der Waals surface area contributed by atoms with E-state index in [-0.39, 0.29) is 0 Å². The van der Waals surface area contributed by atoms with E-state index in [2.05, 4.69) is 60.0 Å². The molecule has 2 unspecified atom stereocenters. The van der Waals surface area contributed by atoms with Crippen LogP contribution in [0.4, 0.5) is 17.1 Å².